The minimum atomic E-state index is -0.322. The average Bonchev–Trinajstić information content (AvgIpc) is 3.19. The Labute approximate surface area is 163 Å². The number of rotatable bonds is 6. The van der Waals surface area contributed by atoms with Gasteiger partial charge in [-0.05, 0) is 30.7 Å². The Morgan fingerprint density at radius 3 is 2.64 bits per heavy atom. The summed E-state index contributed by atoms with van der Waals surface area (Å²) in [6, 6.07) is 13.7. The van der Waals surface area contributed by atoms with Gasteiger partial charge in [0.05, 0.1) is 18.4 Å². The maximum Gasteiger partial charge on any atom is 0.163 e. The molecule has 1 aliphatic heterocycles. The van der Waals surface area contributed by atoms with Gasteiger partial charge in [0.2, 0.25) is 0 Å². The van der Waals surface area contributed by atoms with Gasteiger partial charge in [0.1, 0.15) is 5.82 Å². The number of aliphatic hydroxyl groups is 2. The fourth-order valence-electron chi connectivity index (χ4n) is 3.28. The van der Waals surface area contributed by atoms with Gasteiger partial charge in [0.25, 0.3) is 0 Å². The molecule has 4 rings (SSSR count). The number of aromatic nitrogens is 3. The molecule has 1 atom stereocenters. The molecule has 7 heteroatoms. The molecule has 3 heterocycles. The number of hydrogen-bond donors (Lipinski definition) is 3. The molecule has 3 N–H and O–H groups in total. The number of β-amino-alcohol motifs (C(OH)–C–C–N with tert-alkyl or cyclic N) is 1. The molecule has 0 saturated carbocycles. The highest BCUT2D eigenvalue weighted by atomic mass is 16.3. The lowest BCUT2D eigenvalue weighted by Gasteiger charge is -2.18. The Kier molecular flexibility index (Phi) is 5.45. The van der Waals surface area contributed by atoms with Crippen molar-refractivity contribution in [1.82, 2.24) is 15.0 Å². The van der Waals surface area contributed by atoms with Crippen LogP contribution in [-0.2, 0) is 0 Å². The van der Waals surface area contributed by atoms with Gasteiger partial charge in [-0.15, -0.1) is 0 Å². The van der Waals surface area contributed by atoms with Crippen LogP contribution >= 0.6 is 0 Å². The third-order valence-corrected chi connectivity index (χ3v) is 4.74. The van der Waals surface area contributed by atoms with Gasteiger partial charge < -0.3 is 20.4 Å². The van der Waals surface area contributed by atoms with Crippen LogP contribution in [0.3, 0.4) is 0 Å². The molecule has 0 aliphatic carbocycles. The Bertz CT molecular complexity index is 918. The Balaban J connectivity index is 1.71. The predicted octanol–water partition coefficient (Wildman–Crippen LogP) is 2.18. The zero-order valence-electron chi connectivity index (χ0n) is 15.5. The third-order valence-electron chi connectivity index (χ3n) is 4.74. The maximum absolute atomic E-state index is 9.92. The van der Waals surface area contributed by atoms with Crippen molar-refractivity contribution >= 4 is 11.5 Å². The van der Waals surface area contributed by atoms with Crippen LogP contribution < -0.4 is 10.2 Å². The SMILES string of the molecule is OCCNc1ccc(-c2cc(N3CC[C@H](O)C3)nc(-c3cccnc3)n2)cc1. The molecular weight excluding hydrogens is 354 g/mol. The summed E-state index contributed by atoms with van der Waals surface area (Å²) in [5.41, 5.74) is 3.59. The van der Waals surface area contributed by atoms with Gasteiger partial charge in [-0.1, -0.05) is 12.1 Å². The third kappa shape index (κ3) is 4.11. The molecule has 28 heavy (non-hydrogen) atoms. The summed E-state index contributed by atoms with van der Waals surface area (Å²) in [6.07, 6.45) is 3.90. The van der Waals surface area contributed by atoms with Gasteiger partial charge in [0.15, 0.2) is 5.82 Å². The van der Waals surface area contributed by atoms with Crippen molar-refractivity contribution in [3.63, 3.8) is 0 Å². The maximum atomic E-state index is 9.92. The van der Waals surface area contributed by atoms with E-state index in [1.165, 1.54) is 0 Å². The van der Waals surface area contributed by atoms with E-state index in [4.69, 9.17) is 15.1 Å². The van der Waals surface area contributed by atoms with E-state index in [0.717, 1.165) is 41.3 Å². The standard InChI is InChI=1S/C21H23N5O2/c27-11-9-23-17-5-3-15(4-6-17)19-12-20(26-10-7-18(28)14-26)25-21(24-19)16-2-1-8-22-13-16/h1-6,8,12-13,18,23,27-28H,7,9-11,14H2/t18-/m0/s1. The second kappa shape index (κ2) is 8.33. The molecule has 0 bridgehead atoms. The lowest BCUT2D eigenvalue weighted by molar-refractivity contribution is 0.198. The van der Waals surface area contributed by atoms with Gasteiger partial charge >= 0.3 is 0 Å². The first-order valence-electron chi connectivity index (χ1n) is 9.40. The normalized spacial score (nSPS) is 16.4. The first-order chi connectivity index (χ1) is 13.7. The van der Waals surface area contributed by atoms with Gasteiger partial charge in [0, 0.05) is 54.9 Å². The largest absolute Gasteiger partial charge is 0.395 e. The molecule has 2 aromatic heterocycles. The van der Waals surface area contributed by atoms with E-state index < -0.39 is 0 Å². The van der Waals surface area contributed by atoms with Crippen molar-refractivity contribution in [3.05, 3.63) is 54.9 Å². The van der Waals surface area contributed by atoms with Gasteiger partial charge in [-0.3, -0.25) is 4.98 Å². The first kappa shape index (κ1) is 18.3. The van der Waals surface area contributed by atoms with Gasteiger partial charge in [-0.25, -0.2) is 9.97 Å². The summed E-state index contributed by atoms with van der Waals surface area (Å²) < 4.78 is 0. The molecule has 144 valence electrons. The molecule has 0 amide bonds. The van der Waals surface area contributed by atoms with E-state index in [1.807, 2.05) is 42.5 Å². The molecule has 3 aromatic rings. The monoisotopic (exact) mass is 377 g/mol. The van der Waals surface area contributed by atoms with Crippen molar-refractivity contribution in [1.29, 1.82) is 0 Å². The number of nitrogens with zero attached hydrogens (tertiary/aromatic N) is 4. The number of hydrogen-bond acceptors (Lipinski definition) is 7. The quantitative estimate of drug-likeness (QED) is 0.606. The lowest BCUT2D eigenvalue weighted by Crippen LogP contribution is -2.22. The topological polar surface area (TPSA) is 94.4 Å². The molecule has 0 radical (unpaired) electrons. The first-order valence-corrected chi connectivity index (χ1v) is 9.40. The van der Waals surface area contributed by atoms with E-state index in [0.29, 0.717) is 18.9 Å². The summed E-state index contributed by atoms with van der Waals surface area (Å²) in [6.45, 7) is 1.95. The Morgan fingerprint density at radius 2 is 1.96 bits per heavy atom. The summed E-state index contributed by atoms with van der Waals surface area (Å²) >= 11 is 0. The van der Waals surface area contributed by atoms with E-state index in [1.54, 1.807) is 12.4 Å². The number of benzene rings is 1. The summed E-state index contributed by atoms with van der Waals surface area (Å²) in [7, 11) is 0. The Hall–Kier alpha value is -3.03. The van der Waals surface area contributed by atoms with Crippen LogP contribution in [0, 0.1) is 0 Å². The van der Waals surface area contributed by atoms with Crippen LogP contribution in [0.4, 0.5) is 11.5 Å². The fourth-order valence-corrected chi connectivity index (χ4v) is 3.28. The molecule has 1 aromatic carbocycles. The summed E-state index contributed by atoms with van der Waals surface area (Å²) in [4.78, 5) is 15.8. The average molecular weight is 377 g/mol. The number of nitrogens with one attached hydrogen (secondary N) is 1. The smallest absolute Gasteiger partial charge is 0.163 e. The molecule has 7 nitrogen and oxygen atoms in total. The molecular formula is C21H23N5O2. The van der Waals surface area contributed by atoms with Crippen molar-refractivity contribution in [2.24, 2.45) is 0 Å². The lowest BCUT2D eigenvalue weighted by atomic mass is 10.1. The Morgan fingerprint density at radius 1 is 1.11 bits per heavy atom. The fraction of sp³-hybridized carbons (Fsp3) is 0.286. The second-order valence-electron chi connectivity index (χ2n) is 6.79. The zero-order valence-corrected chi connectivity index (χ0v) is 15.5. The van der Waals surface area contributed by atoms with E-state index in [2.05, 4.69) is 15.2 Å². The summed E-state index contributed by atoms with van der Waals surface area (Å²) in [5.74, 6) is 1.42. The highest BCUT2D eigenvalue weighted by molar-refractivity contribution is 5.69. The van der Waals surface area contributed by atoms with Crippen LogP contribution in [0.1, 0.15) is 6.42 Å². The van der Waals surface area contributed by atoms with Gasteiger partial charge in [-0.2, -0.15) is 0 Å². The number of aliphatic hydroxyl groups excluding tert-OH is 2. The van der Waals surface area contributed by atoms with Crippen LogP contribution in [0.15, 0.2) is 54.9 Å². The van der Waals surface area contributed by atoms with E-state index in [-0.39, 0.29) is 12.7 Å². The molecule has 1 saturated heterocycles. The highest BCUT2D eigenvalue weighted by Crippen LogP contribution is 2.28. The van der Waals surface area contributed by atoms with Crippen molar-refractivity contribution < 1.29 is 10.2 Å². The van der Waals surface area contributed by atoms with Crippen molar-refractivity contribution in [2.45, 2.75) is 12.5 Å². The van der Waals surface area contributed by atoms with E-state index >= 15 is 0 Å². The minimum Gasteiger partial charge on any atom is -0.395 e. The molecule has 0 spiro atoms. The molecule has 1 fully saturated rings. The molecule has 1 aliphatic rings. The highest BCUT2D eigenvalue weighted by Gasteiger charge is 2.23. The van der Waals surface area contributed by atoms with Crippen LogP contribution in [-0.4, -0.2) is 57.5 Å². The minimum absolute atomic E-state index is 0.0905. The number of pyridine rings is 1. The van der Waals surface area contributed by atoms with E-state index in [9.17, 15) is 5.11 Å². The second-order valence-corrected chi connectivity index (χ2v) is 6.79. The molecule has 0 unspecified atom stereocenters. The van der Waals surface area contributed by atoms with Crippen molar-refractivity contribution in [3.8, 4) is 22.6 Å². The predicted molar refractivity (Wildman–Crippen MR) is 109 cm³/mol. The van der Waals surface area contributed by atoms with Crippen LogP contribution in [0.5, 0.6) is 0 Å². The number of anilines is 2. The zero-order chi connectivity index (χ0) is 19.3. The summed E-state index contributed by atoms with van der Waals surface area (Å²) in [5, 5.41) is 22.0. The van der Waals surface area contributed by atoms with Crippen LogP contribution in [0.2, 0.25) is 0 Å². The van der Waals surface area contributed by atoms with Crippen LogP contribution in [0.25, 0.3) is 22.6 Å². The van der Waals surface area contributed by atoms with Crippen molar-refractivity contribution in [2.75, 3.05) is 36.5 Å².